The molecule has 0 N–H and O–H groups in total. The summed E-state index contributed by atoms with van der Waals surface area (Å²) in [5.74, 6) is -1.88. The Morgan fingerprint density at radius 3 is 2.54 bits per heavy atom. The van der Waals surface area contributed by atoms with Crippen LogP contribution in [0.3, 0.4) is 0 Å². The minimum absolute atomic E-state index is 0.0442. The third kappa shape index (κ3) is 3.99. The van der Waals surface area contributed by atoms with E-state index in [1.54, 1.807) is 22.6 Å². The van der Waals surface area contributed by atoms with E-state index in [-0.39, 0.29) is 42.5 Å². The van der Waals surface area contributed by atoms with Crippen molar-refractivity contribution in [2.24, 2.45) is 7.05 Å². The summed E-state index contributed by atoms with van der Waals surface area (Å²) >= 11 is 7.88. The summed E-state index contributed by atoms with van der Waals surface area (Å²) in [5, 5.41) is 11.2. The van der Waals surface area contributed by atoms with Crippen molar-refractivity contribution < 1.29 is 18.4 Å². The van der Waals surface area contributed by atoms with Crippen LogP contribution in [0, 0.1) is 25.3 Å². The number of pyridine rings is 1. The van der Waals surface area contributed by atoms with E-state index < -0.39 is 16.6 Å². The van der Waals surface area contributed by atoms with Gasteiger partial charge in [0.25, 0.3) is 11.2 Å². The second-order valence-corrected chi connectivity index (χ2v) is 7.29. The van der Waals surface area contributed by atoms with Gasteiger partial charge in [0.1, 0.15) is 11.6 Å². The number of non-ortho nitro benzene ring substituents is 1. The highest BCUT2D eigenvalue weighted by molar-refractivity contribution is 14.1. The lowest BCUT2D eigenvalue weighted by Crippen LogP contribution is -2.14. The highest BCUT2D eigenvalue weighted by Crippen LogP contribution is 2.40. The molecule has 0 saturated carbocycles. The number of hydrogen-bond donors (Lipinski definition) is 0. The number of aryl methyl sites for hydroxylation is 1. The maximum Gasteiger partial charge on any atom is 0.270 e. The second-order valence-electron chi connectivity index (χ2n) is 5.72. The number of nitro groups is 1. The SMILES string of the molecule is Cn1cc(-c2cc([N+](=O)[O-])ccc2Oc2c(F)cc(F)cc2I)c(Cl)cc1=O. The second kappa shape index (κ2) is 7.84. The fourth-order valence-electron chi connectivity index (χ4n) is 2.47. The molecule has 0 aliphatic rings. The molecule has 0 spiro atoms. The van der Waals surface area contributed by atoms with Gasteiger partial charge in [-0.15, -0.1) is 0 Å². The Bertz CT molecular complexity index is 1140. The minimum atomic E-state index is -0.930. The van der Waals surface area contributed by atoms with Gasteiger partial charge < -0.3 is 9.30 Å². The molecular weight excluding hydrogens is 509 g/mol. The quantitative estimate of drug-likeness (QED) is 0.267. The molecule has 1 aromatic heterocycles. The molecule has 0 amide bonds. The molecule has 0 bridgehead atoms. The predicted octanol–water partition coefficient (Wildman–Crippen LogP) is 5.29. The number of rotatable bonds is 4. The first-order chi connectivity index (χ1) is 13.2. The van der Waals surface area contributed by atoms with Crippen LogP contribution >= 0.6 is 34.2 Å². The van der Waals surface area contributed by atoms with Crippen molar-refractivity contribution >= 4 is 39.9 Å². The topological polar surface area (TPSA) is 74.4 Å². The van der Waals surface area contributed by atoms with Gasteiger partial charge in [0.2, 0.25) is 0 Å². The van der Waals surface area contributed by atoms with Crippen LogP contribution in [0.5, 0.6) is 11.5 Å². The fourth-order valence-corrected chi connectivity index (χ4v) is 3.38. The molecule has 2 aromatic carbocycles. The van der Waals surface area contributed by atoms with Gasteiger partial charge >= 0.3 is 0 Å². The molecule has 10 heteroatoms. The highest BCUT2D eigenvalue weighted by Gasteiger charge is 2.20. The molecule has 0 radical (unpaired) electrons. The Morgan fingerprint density at radius 2 is 1.89 bits per heavy atom. The third-order valence-corrected chi connectivity index (χ3v) is 4.93. The molecular formula is C18H10ClF2IN2O4. The summed E-state index contributed by atoms with van der Waals surface area (Å²) < 4.78 is 34.6. The van der Waals surface area contributed by atoms with Crippen LogP contribution in [0.1, 0.15) is 0 Å². The smallest absolute Gasteiger partial charge is 0.270 e. The minimum Gasteiger partial charge on any atom is -0.452 e. The van der Waals surface area contributed by atoms with Crippen molar-refractivity contribution in [1.82, 2.24) is 4.57 Å². The number of halogens is 4. The van der Waals surface area contributed by atoms with Gasteiger partial charge in [-0.25, -0.2) is 8.78 Å². The molecule has 1 heterocycles. The molecule has 3 rings (SSSR count). The molecule has 0 saturated heterocycles. The Labute approximate surface area is 175 Å². The first kappa shape index (κ1) is 20.2. The van der Waals surface area contributed by atoms with Crippen LogP contribution in [0.2, 0.25) is 5.02 Å². The zero-order valence-corrected chi connectivity index (χ0v) is 17.0. The van der Waals surface area contributed by atoms with E-state index >= 15 is 0 Å². The molecule has 6 nitrogen and oxygen atoms in total. The molecule has 0 fully saturated rings. The van der Waals surface area contributed by atoms with E-state index in [2.05, 4.69) is 0 Å². The molecule has 0 aliphatic heterocycles. The first-order valence-corrected chi connectivity index (χ1v) is 9.10. The van der Waals surface area contributed by atoms with E-state index in [0.29, 0.717) is 6.07 Å². The van der Waals surface area contributed by atoms with Gasteiger partial charge in [0.05, 0.1) is 13.5 Å². The van der Waals surface area contributed by atoms with Gasteiger partial charge in [-0.3, -0.25) is 14.9 Å². The van der Waals surface area contributed by atoms with Crippen LogP contribution in [0.15, 0.2) is 47.4 Å². The Kier molecular flexibility index (Phi) is 5.66. The summed E-state index contributed by atoms with van der Waals surface area (Å²) in [7, 11) is 1.49. The third-order valence-electron chi connectivity index (χ3n) is 3.82. The van der Waals surface area contributed by atoms with Crippen molar-refractivity contribution in [3.8, 4) is 22.6 Å². The van der Waals surface area contributed by atoms with Crippen LogP contribution < -0.4 is 10.3 Å². The molecule has 3 aromatic rings. The average molecular weight is 519 g/mol. The number of ether oxygens (including phenoxy) is 1. The normalized spacial score (nSPS) is 10.8. The lowest BCUT2D eigenvalue weighted by atomic mass is 10.1. The van der Waals surface area contributed by atoms with E-state index in [1.807, 2.05) is 0 Å². The standard InChI is InChI=1S/C18H10ClF2IN2O4/c1-23-8-12(13(19)7-17(23)25)11-6-10(24(26)27)2-3-16(11)28-18-14(21)4-9(20)5-15(18)22/h2-8H,1H3. The van der Waals surface area contributed by atoms with Gasteiger partial charge in [-0.05, 0) is 34.7 Å². The number of aromatic nitrogens is 1. The van der Waals surface area contributed by atoms with E-state index in [4.69, 9.17) is 16.3 Å². The summed E-state index contributed by atoms with van der Waals surface area (Å²) in [6.45, 7) is 0. The van der Waals surface area contributed by atoms with Crippen LogP contribution in [0.25, 0.3) is 11.1 Å². The number of benzene rings is 2. The molecule has 0 unspecified atom stereocenters. The Balaban J connectivity index is 2.22. The van der Waals surface area contributed by atoms with Gasteiger partial charge in [0.15, 0.2) is 11.6 Å². The van der Waals surface area contributed by atoms with Crippen molar-refractivity contribution in [2.75, 3.05) is 0 Å². The van der Waals surface area contributed by atoms with Crippen molar-refractivity contribution in [3.63, 3.8) is 0 Å². The summed E-state index contributed by atoms with van der Waals surface area (Å²) in [6.07, 6.45) is 1.39. The fraction of sp³-hybridized carbons (Fsp3) is 0.0556. The van der Waals surface area contributed by atoms with E-state index in [9.17, 15) is 23.7 Å². The van der Waals surface area contributed by atoms with E-state index in [0.717, 1.165) is 12.1 Å². The summed E-state index contributed by atoms with van der Waals surface area (Å²) in [5.41, 5.74) is -0.170. The molecule has 0 atom stereocenters. The molecule has 0 aliphatic carbocycles. The van der Waals surface area contributed by atoms with Crippen LogP contribution in [-0.2, 0) is 7.05 Å². The van der Waals surface area contributed by atoms with Crippen molar-refractivity contribution in [2.45, 2.75) is 0 Å². The highest BCUT2D eigenvalue weighted by atomic mass is 127. The Morgan fingerprint density at radius 1 is 1.18 bits per heavy atom. The summed E-state index contributed by atoms with van der Waals surface area (Å²) in [4.78, 5) is 22.3. The van der Waals surface area contributed by atoms with Crippen molar-refractivity contribution in [3.05, 3.63) is 83.3 Å². The zero-order chi connectivity index (χ0) is 20.6. The number of nitrogens with zero attached hydrogens (tertiary/aromatic N) is 2. The van der Waals surface area contributed by atoms with Crippen LogP contribution in [-0.4, -0.2) is 9.49 Å². The van der Waals surface area contributed by atoms with Gasteiger partial charge in [0, 0.05) is 48.6 Å². The maximum absolute atomic E-state index is 14.2. The molecule has 144 valence electrons. The largest absolute Gasteiger partial charge is 0.452 e. The van der Waals surface area contributed by atoms with Gasteiger partial charge in [-0.2, -0.15) is 0 Å². The lowest BCUT2D eigenvalue weighted by molar-refractivity contribution is -0.384. The maximum atomic E-state index is 14.2. The number of nitro benzene ring substituents is 1. The van der Waals surface area contributed by atoms with E-state index in [1.165, 1.54) is 36.0 Å². The predicted molar refractivity (Wildman–Crippen MR) is 108 cm³/mol. The average Bonchev–Trinajstić information content (AvgIpc) is 2.61. The molecule has 28 heavy (non-hydrogen) atoms. The lowest BCUT2D eigenvalue weighted by Gasteiger charge is -2.15. The number of hydrogen-bond acceptors (Lipinski definition) is 4. The zero-order valence-electron chi connectivity index (χ0n) is 14.1. The van der Waals surface area contributed by atoms with Crippen LogP contribution in [0.4, 0.5) is 14.5 Å². The van der Waals surface area contributed by atoms with Gasteiger partial charge in [-0.1, -0.05) is 11.6 Å². The summed E-state index contributed by atoms with van der Waals surface area (Å²) in [6, 6.07) is 6.58. The first-order valence-electron chi connectivity index (χ1n) is 7.64. The Hall–Kier alpha value is -2.53. The monoisotopic (exact) mass is 518 g/mol. The van der Waals surface area contributed by atoms with Crippen molar-refractivity contribution in [1.29, 1.82) is 0 Å².